The predicted octanol–water partition coefficient (Wildman–Crippen LogP) is 4.38. The smallest absolute Gasteiger partial charge is 0.126 e. The molecule has 0 spiro atoms. The van der Waals surface area contributed by atoms with E-state index in [1.807, 2.05) is 41.1 Å². The van der Waals surface area contributed by atoms with E-state index in [4.69, 9.17) is 0 Å². The highest BCUT2D eigenvalue weighted by Gasteiger charge is 2.12. The maximum absolute atomic E-state index is 4.34. The van der Waals surface area contributed by atoms with Crippen LogP contribution >= 0.6 is 11.8 Å². The van der Waals surface area contributed by atoms with Gasteiger partial charge >= 0.3 is 0 Å². The molecule has 3 aromatic rings. The lowest BCUT2D eigenvalue weighted by Gasteiger charge is -2.03. The first kappa shape index (κ1) is 14.6. The van der Waals surface area contributed by atoms with Gasteiger partial charge in [0.15, 0.2) is 0 Å². The van der Waals surface area contributed by atoms with Crippen molar-refractivity contribution < 1.29 is 0 Å². The molecule has 1 heterocycles. The standard InChI is InChI=1S/C18H17N3S/c1-22-18-17(16-12-6-3-7-13-16)19-20-21(18)14-8-11-15-9-4-2-5-10-15/h2-13H,14H2,1H3/b11-8+. The van der Waals surface area contributed by atoms with Crippen LogP contribution in [-0.2, 0) is 6.54 Å². The van der Waals surface area contributed by atoms with Crippen LogP contribution in [0.4, 0.5) is 0 Å². The molecular weight excluding hydrogens is 290 g/mol. The van der Waals surface area contributed by atoms with Gasteiger partial charge in [0.25, 0.3) is 0 Å². The number of allylic oxidation sites excluding steroid dienone is 1. The molecule has 3 rings (SSSR count). The van der Waals surface area contributed by atoms with E-state index in [1.54, 1.807) is 11.8 Å². The SMILES string of the molecule is CSc1c(-c2ccccc2)nnn1C/C=C/c1ccccc1. The highest BCUT2D eigenvalue weighted by atomic mass is 32.2. The minimum atomic E-state index is 0.713. The third-order valence-corrected chi connectivity index (χ3v) is 4.11. The van der Waals surface area contributed by atoms with Gasteiger partial charge in [0.05, 0.1) is 6.54 Å². The Labute approximate surface area is 134 Å². The summed E-state index contributed by atoms with van der Waals surface area (Å²) in [6.45, 7) is 0.713. The van der Waals surface area contributed by atoms with Gasteiger partial charge in [-0.15, -0.1) is 16.9 Å². The van der Waals surface area contributed by atoms with Crippen molar-refractivity contribution in [2.24, 2.45) is 0 Å². The lowest BCUT2D eigenvalue weighted by molar-refractivity contribution is 0.616. The van der Waals surface area contributed by atoms with Crippen LogP contribution in [0.25, 0.3) is 17.3 Å². The number of aromatic nitrogens is 3. The molecule has 0 bridgehead atoms. The molecule has 0 aliphatic heterocycles. The highest BCUT2D eigenvalue weighted by molar-refractivity contribution is 7.98. The van der Waals surface area contributed by atoms with Crippen LogP contribution in [0.5, 0.6) is 0 Å². The van der Waals surface area contributed by atoms with E-state index in [1.165, 1.54) is 5.56 Å². The third kappa shape index (κ3) is 3.28. The zero-order valence-corrected chi connectivity index (χ0v) is 13.2. The molecule has 0 N–H and O–H groups in total. The third-order valence-electron chi connectivity index (χ3n) is 3.32. The van der Waals surface area contributed by atoms with Gasteiger partial charge in [-0.05, 0) is 11.8 Å². The topological polar surface area (TPSA) is 30.7 Å². The molecule has 0 amide bonds. The Morgan fingerprint density at radius 2 is 1.68 bits per heavy atom. The minimum Gasteiger partial charge on any atom is -0.234 e. The second-order valence-electron chi connectivity index (χ2n) is 4.81. The van der Waals surface area contributed by atoms with Gasteiger partial charge in [-0.2, -0.15) is 0 Å². The van der Waals surface area contributed by atoms with E-state index in [9.17, 15) is 0 Å². The second-order valence-corrected chi connectivity index (χ2v) is 5.60. The Morgan fingerprint density at radius 3 is 2.36 bits per heavy atom. The molecular formula is C18H17N3S. The summed E-state index contributed by atoms with van der Waals surface area (Å²) in [5, 5.41) is 9.72. The van der Waals surface area contributed by atoms with Gasteiger partial charge in [-0.1, -0.05) is 78.0 Å². The molecule has 0 saturated carbocycles. The largest absolute Gasteiger partial charge is 0.234 e. The zero-order chi connectivity index (χ0) is 15.2. The molecule has 3 nitrogen and oxygen atoms in total. The molecule has 0 atom stereocenters. The summed E-state index contributed by atoms with van der Waals surface area (Å²) in [5.74, 6) is 0. The number of hydrogen-bond acceptors (Lipinski definition) is 3. The van der Waals surface area contributed by atoms with Gasteiger partial charge in [0.1, 0.15) is 10.7 Å². The molecule has 0 fully saturated rings. The first-order valence-corrected chi connectivity index (χ1v) is 8.35. The molecule has 22 heavy (non-hydrogen) atoms. The maximum atomic E-state index is 4.34. The van der Waals surface area contributed by atoms with Gasteiger partial charge in [-0.25, -0.2) is 4.68 Å². The summed E-state index contributed by atoms with van der Waals surface area (Å²) >= 11 is 1.67. The Kier molecular flexibility index (Phi) is 4.71. The van der Waals surface area contributed by atoms with Crippen LogP contribution in [0.2, 0.25) is 0 Å². The fraction of sp³-hybridized carbons (Fsp3) is 0.111. The summed E-state index contributed by atoms with van der Waals surface area (Å²) in [6, 6.07) is 20.4. The van der Waals surface area contributed by atoms with E-state index >= 15 is 0 Å². The average Bonchev–Trinajstić information content (AvgIpc) is 2.99. The van der Waals surface area contributed by atoms with Crippen molar-refractivity contribution in [3.8, 4) is 11.3 Å². The van der Waals surface area contributed by atoms with Crippen molar-refractivity contribution in [3.63, 3.8) is 0 Å². The molecule has 0 saturated heterocycles. The molecule has 0 aliphatic carbocycles. The predicted molar refractivity (Wildman–Crippen MR) is 92.7 cm³/mol. The van der Waals surface area contributed by atoms with E-state index in [-0.39, 0.29) is 0 Å². The number of thioether (sulfide) groups is 1. The lowest BCUT2D eigenvalue weighted by atomic mass is 10.2. The summed E-state index contributed by atoms with van der Waals surface area (Å²) in [6.07, 6.45) is 6.27. The van der Waals surface area contributed by atoms with Crippen LogP contribution < -0.4 is 0 Å². The van der Waals surface area contributed by atoms with Crippen LogP contribution in [0.3, 0.4) is 0 Å². The van der Waals surface area contributed by atoms with Gasteiger partial charge in [-0.3, -0.25) is 0 Å². The van der Waals surface area contributed by atoms with Crippen LogP contribution in [0.1, 0.15) is 5.56 Å². The van der Waals surface area contributed by atoms with E-state index < -0.39 is 0 Å². The monoisotopic (exact) mass is 307 g/mol. The molecule has 0 radical (unpaired) electrons. The van der Waals surface area contributed by atoms with Crippen molar-refractivity contribution in [1.29, 1.82) is 0 Å². The van der Waals surface area contributed by atoms with Crippen molar-refractivity contribution >= 4 is 17.8 Å². The van der Waals surface area contributed by atoms with Gasteiger partial charge in [0.2, 0.25) is 0 Å². The van der Waals surface area contributed by atoms with Crippen LogP contribution in [-0.4, -0.2) is 21.2 Å². The number of hydrogen-bond donors (Lipinski definition) is 0. The fourth-order valence-corrected chi connectivity index (χ4v) is 2.93. The minimum absolute atomic E-state index is 0.713. The molecule has 2 aromatic carbocycles. The second kappa shape index (κ2) is 7.09. The van der Waals surface area contributed by atoms with Gasteiger partial charge < -0.3 is 0 Å². The van der Waals surface area contributed by atoms with Crippen molar-refractivity contribution in [3.05, 3.63) is 72.3 Å². The van der Waals surface area contributed by atoms with Crippen molar-refractivity contribution in [2.75, 3.05) is 6.26 Å². The van der Waals surface area contributed by atoms with Crippen LogP contribution in [0, 0.1) is 0 Å². The molecule has 1 aromatic heterocycles. The van der Waals surface area contributed by atoms with Gasteiger partial charge in [0, 0.05) is 5.56 Å². The molecule has 0 unspecified atom stereocenters. The summed E-state index contributed by atoms with van der Waals surface area (Å²) in [5.41, 5.74) is 3.24. The number of benzene rings is 2. The summed E-state index contributed by atoms with van der Waals surface area (Å²) in [7, 11) is 0. The average molecular weight is 307 g/mol. The van der Waals surface area contributed by atoms with Crippen LogP contribution in [0.15, 0.2) is 71.8 Å². The normalized spacial score (nSPS) is 11.1. The quantitative estimate of drug-likeness (QED) is 0.655. The Hall–Kier alpha value is -2.33. The van der Waals surface area contributed by atoms with E-state index in [2.05, 4.69) is 53.0 Å². The highest BCUT2D eigenvalue weighted by Crippen LogP contribution is 2.27. The Morgan fingerprint density at radius 1 is 1.00 bits per heavy atom. The molecule has 4 heteroatoms. The van der Waals surface area contributed by atoms with Crippen molar-refractivity contribution in [1.82, 2.24) is 15.0 Å². The Balaban J connectivity index is 1.80. The summed E-state index contributed by atoms with van der Waals surface area (Å²) in [4.78, 5) is 0. The molecule has 0 aliphatic rings. The zero-order valence-electron chi connectivity index (χ0n) is 12.4. The number of nitrogens with zero attached hydrogens (tertiary/aromatic N) is 3. The fourth-order valence-electron chi connectivity index (χ4n) is 2.26. The summed E-state index contributed by atoms with van der Waals surface area (Å²) < 4.78 is 1.94. The number of rotatable bonds is 5. The Bertz CT molecular complexity index is 749. The lowest BCUT2D eigenvalue weighted by Crippen LogP contribution is -1.99. The van der Waals surface area contributed by atoms with Crippen molar-refractivity contribution in [2.45, 2.75) is 11.6 Å². The first-order valence-electron chi connectivity index (χ1n) is 7.13. The van der Waals surface area contributed by atoms with E-state index in [0.717, 1.165) is 16.3 Å². The van der Waals surface area contributed by atoms with E-state index in [0.29, 0.717) is 6.54 Å². The molecule has 110 valence electrons. The maximum Gasteiger partial charge on any atom is 0.126 e. The first-order chi connectivity index (χ1) is 10.9.